The topological polar surface area (TPSA) is 64.2 Å². The van der Waals surface area contributed by atoms with Crippen molar-refractivity contribution in [3.63, 3.8) is 0 Å². The van der Waals surface area contributed by atoms with Crippen molar-refractivity contribution in [1.82, 2.24) is 14.8 Å². The number of aromatic nitrogens is 3. The lowest BCUT2D eigenvalue weighted by Crippen LogP contribution is -2.31. The third kappa shape index (κ3) is 3.45. The van der Waals surface area contributed by atoms with Crippen molar-refractivity contribution in [2.75, 3.05) is 11.4 Å². The SMILES string of the molecule is C=CCN(C(=O)c1cc(-c2ccco2)nc2c1cnn2C(C)C)c1ccccc1. The van der Waals surface area contributed by atoms with Crippen LogP contribution in [0.5, 0.6) is 0 Å². The number of benzene rings is 1. The first-order chi connectivity index (χ1) is 14.1. The molecule has 1 amide bonds. The Balaban J connectivity index is 1.91. The summed E-state index contributed by atoms with van der Waals surface area (Å²) >= 11 is 0. The molecule has 0 N–H and O–H groups in total. The van der Waals surface area contributed by atoms with E-state index in [0.29, 0.717) is 34.6 Å². The maximum atomic E-state index is 13.6. The highest BCUT2D eigenvalue weighted by molar-refractivity contribution is 6.13. The second kappa shape index (κ2) is 7.75. The Morgan fingerprint density at radius 1 is 1.24 bits per heavy atom. The number of furan rings is 1. The summed E-state index contributed by atoms with van der Waals surface area (Å²) in [6, 6.07) is 15.1. The Morgan fingerprint density at radius 3 is 2.69 bits per heavy atom. The predicted molar refractivity (Wildman–Crippen MR) is 114 cm³/mol. The lowest BCUT2D eigenvalue weighted by molar-refractivity contribution is 0.0991. The molecule has 6 heteroatoms. The highest BCUT2D eigenvalue weighted by Gasteiger charge is 2.23. The zero-order valence-electron chi connectivity index (χ0n) is 16.4. The first-order valence-corrected chi connectivity index (χ1v) is 9.50. The molecular weight excluding hydrogens is 364 g/mol. The van der Waals surface area contributed by atoms with Crippen LogP contribution in [0, 0.1) is 0 Å². The van der Waals surface area contributed by atoms with E-state index in [0.717, 1.165) is 5.69 Å². The van der Waals surface area contributed by atoms with E-state index in [4.69, 9.17) is 9.40 Å². The monoisotopic (exact) mass is 386 g/mol. The number of carbonyl (C=O) groups excluding carboxylic acids is 1. The van der Waals surface area contributed by atoms with Gasteiger partial charge in [-0.05, 0) is 44.2 Å². The molecule has 0 bridgehead atoms. The molecule has 6 nitrogen and oxygen atoms in total. The van der Waals surface area contributed by atoms with Gasteiger partial charge in [-0.1, -0.05) is 24.3 Å². The Kier molecular flexibility index (Phi) is 4.99. The standard InChI is InChI=1S/C23H22N4O2/c1-4-12-26(17-9-6-5-7-10-17)23(28)18-14-20(21-11-8-13-29-21)25-22-19(18)15-24-27(22)16(2)3/h4-11,13-16H,1,12H2,2-3H3. The van der Waals surface area contributed by atoms with Crippen molar-refractivity contribution >= 4 is 22.6 Å². The van der Waals surface area contributed by atoms with Crippen molar-refractivity contribution in [2.24, 2.45) is 0 Å². The third-order valence-electron chi connectivity index (χ3n) is 4.68. The molecule has 0 saturated carbocycles. The van der Waals surface area contributed by atoms with Crippen LogP contribution in [0.15, 0.2) is 78.1 Å². The van der Waals surface area contributed by atoms with Crippen LogP contribution in [0.4, 0.5) is 5.69 Å². The van der Waals surface area contributed by atoms with Gasteiger partial charge in [0, 0.05) is 18.3 Å². The summed E-state index contributed by atoms with van der Waals surface area (Å²) in [4.78, 5) is 20.1. The lowest BCUT2D eigenvalue weighted by atomic mass is 10.1. The third-order valence-corrected chi connectivity index (χ3v) is 4.68. The maximum Gasteiger partial charge on any atom is 0.259 e. The van der Waals surface area contributed by atoms with Gasteiger partial charge in [0.05, 0.1) is 23.4 Å². The normalized spacial score (nSPS) is 11.1. The van der Waals surface area contributed by atoms with Crippen molar-refractivity contribution in [1.29, 1.82) is 0 Å². The number of anilines is 1. The molecule has 0 aliphatic carbocycles. The smallest absolute Gasteiger partial charge is 0.259 e. The highest BCUT2D eigenvalue weighted by atomic mass is 16.3. The van der Waals surface area contributed by atoms with E-state index in [-0.39, 0.29) is 11.9 Å². The molecule has 4 aromatic rings. The Labute approximate surface area is 169 Å². The number of carbonyl (C=O) groups is 1. The number of rotatable bonds is 6. The second-order valence-electron chi connectivity index (χ2n) is 6.99. The average molecular weight is 386 g/mol. The van der Waals surface area contributed by atoms with Gasteiger partial charge in [0.15, 0.2) is 11.4 Å². The fraction of sp³-hybridized carbons (Fsp3) is 0.174. The Morgan fingerprint density at radius 2 is 2.03 bits per heavy atom. The Bertz CT molecular complexity index is 1140. The van der Waals surface area contributed by atoms with Crippen molar-refractivity contribution in [3.8, 4) is 11.5 Å². The molecule has 0 aliphatic rings. The molecule has 29 heavy (non-hydrogen) atoms. The van der Waals surface area contributed by atoms with E-state index in [1.54, 1.807) is 35.6 Å². The van der Waals surface area contributed by atoms with Crippen LogP contribution >= 0.6 is 0 Å². The van der Waals surface area contributed by atoms with E-state index in [9.17, 15) is 4.79 Å². The minimum Gasteiger partial charge on any atom is -0.463 e. The summed E-state index contributed by atoms with van der Waals surface area (Å²) in [7, 11) is 0. The molecule has 0 radical (unpaired) electrons. The van der Waals surface area contributed by atoms with Crippen LogP contribution in [-0.2, 0) is 0 Å². The van der Waals surface area contributed by atoms with Gasteiger partial charge < -0.3 is 9.32 Å². The number of amides is 1. The second-order valence-corrected chi connectivity index (χ2v) is 6.99. The minimum atomic E-state index is -0.139. The van der Waals surface area contributed by atoms with Gasteiger partial charge in [0.25, 0.3) is 5.91 Å². The number of hydrogen-bond acceptors (Lipinski definition) is 4. The van der Waals surface area contributed by atoms with Gasteiger partial charge in [-0.3, -0.25) is 4.79 Å². The number of nitrogens with zero attached hydrogens (tertiary/aromatic N) is 4. The molecule has 1 aromatic carbocycles. The minimum absolute atomic E-state index is 0.105. The highest BCUT2D eigenvalue weighted by Crippen LogP contribution is 2.28. The van der Waals surface area contributed by atoms with E-state index in [1.807, 2.05) is 54.9 Å². The molecule has 0 aliphatic heterocycles. The number of pyridine rings is 1. The van der Waals surface area contributed by atoms with E-state index in [1.165, 1.54) is 0 Å². The average Bonchev–Trinajstić information content (AvgIpc) is 3.41. The van der Waals surface area contributed by atoms with Crippen LogP contribution < -0.4 is 4.90 Å². The molecule has 0 atom stereocenters. The van der Waals surface area contributed by atoms with Crippen LogP contribution in [0.2, 0.25) is 0 Å². The summed E-state index contributed by atoms with van der Waals surface area (Å²) < 4.78 is 7.36. The molecule has 0 fully saturated rings. The fourth-order valence-corrected chi connectivity index (χ4v) is 3.31. The molecule has 0 saturated heterocycles. The quantitative estimate of drug-likeness (QED) is 0.432. The van der Waals surface area contributed by atoms with Crippen LogP contribution in [0.1, 0.15) is 30.2 Å². The Hall–Kier alpha value is -3.67. The van der Waals surface area contributed by atoms with Crippen molar-refractivity contribution in [3.05, 3.63) is 79.2 Å². The van der Waals surface area contributed by atoms with Gasteiger partial charge in [-0.2, -0.15) is 5.10 Å². The van der Waals surface area contributed by atoms with E-state index in [2.05, 4.69) is 11.7 Å². The first-order valence-electron chi connectivity index (χ1n) is 9.50. The van der Waals surface area contributed by atoms with Gasteiger partial charge in [0.1, 0.15) is 5.69 Å². The summed E-state index contributed by atoms with van der Waals surface area (Å²) in [5.41, 5.74) is 2.58. The lowest BCUT2D eigenvalue weighted by Gasteiger charge is -2.22. The largest absolute Gasteiger partial charge is 0.463 e. The van der Waals surface area contributed by atoms with E-state index >= 15 is 0 Å². The number of fused-ring (bicyclic) bond motifs is 1. The molecule has 0 spiro atoms. The van der Waals surface area contributed by atoms with Crippen molar-refractivity contribution in [2.45, 2.75) is 19.9 Å². The maximum absolute atomic E-state index is 13.6. The van der Waals surface area contributed by atoms with Gasteiger partial charge in [-0.25, -0.2) is 9.67 Å². The van der Waals surface area contributed by atoms with Gasteiger partial charge in [0.2, 0.25) is 0 Å². The molecule has 146 valence electrons. The number of para-hydroxylation sites is 1. The zero-order chi connectivity index (χ0) is 20.4. The van der Waals surface area contributed by atoms with Crippen LogP contribution in [0.3, 0.4) is 0 Å². The molecule has 3 aromatic heterocycles. The van der Waals surface area contributed by atoms with E-state index < -0.39 is 0 Å². The fourth-order valence-electron chi connectivity index (χ4n) is 3.31. The van der Waals surface area contributed by atoms with Crippen LogP contribution in [0.25, 0.3) is 22.5 Å². The van der Waals surface area contributed by atoms with Gasteiger partial charge in [-0.15, -0.1) is 6.58 Å². The van der Waals surface area contributed by atoms with Gasteiger partial charge >= 0.3 is 0 Å². The molecule has 0 unspecified atom stereocenters. The van der Waals surface area contributed by atoms with Crippen molar-refractivity contribution < 1.29 is 9.21 Å². The first kappa shape index (κ1) is 18.7. The molecule has 3 heterocycles. The summed E-state index contributed by atoms with van der Waals surface area (Å²) in [6.45, 7) is 8.26. The summed E-state index contributed by atoms with van der Waals surface area (Å²) in [5, 5.41) is 5.18. The zero-order valence-corrected chi connectivity index (χ0v) is 16.4. The molecule has 4 rings (SSSR count). The molecular formula is C23H22N4O2. The number of hydrogen-bond donors (Lipinski definition) is 0. The summed E-state index contributed by atoms with van der Waals surface area (Å²) in [5.74, 6) is 0.465. The van der Waals surface area contributed by atoms with Crippen LogP contribution in [-0.4, -0.2) is 27.2 Å². The predicted octanol–water partition coefficient (Wildman–Crippen LogP) is 5.11. The summed E-state index contributed by atoms with van der Waals surface area (Å²) in [6.07, 6.45) is 5.02.